The molecule has 3 aliphatic heterocycles. The Morgan fingerprint density at radius 2 is 1.26 bits per heavy atom. The van der Waals surface area contributed by atoms with Crippen LogP contribution in [0.15, 0.2) is 60.7 Å². The number of carbonyl (C=O) groups excluding carboxylic acids is 2. The Morgan fingerprint density at radius 3 is 1.79 bits per heavy atom. The van der Waals surface area contributed by atoms with Crippen LogP contribution in [0.1, 0.15) is 28.0 Å². The van der Waals surface area contributed by atoms with Crippen LogP contribution in [0.3, 0.4) is 0 Å². The Hall–Kier alpha value is -0.120. The van der Waals surface area contributed by atoms with Crippen LogP contribution in [0.4, 0.5) is 0 Å². The van der Waals surface area contributed by atoms with Crippen molar-refractivity contribution >= 4 is 81.7 Å². The maximum absolute atomic E-state index is 13.4. The van der Waals surface area contributed by atoms with Crippen molar-refractivity contribution in [2.45, 2.75) is 43.2 Å². The zero-order valence-corrected chi connectivity index (χ0v) is 23.4. The first kappa shape index (κ1) is 24.2. The third-order valence-electron chi connectivity index (χ3n) is 7.00. The number of benzene rings is 2. The average Bonchev–Trinajstić information content (AvgIpc) is 3.74. The summed E-state index contributed by atoms with van der Waals surface area (Å²) in [5.41, 5.74) is 2.70. The van der Waals surface area contributed by atoms with Crippen molar-refractivity contribution < 1.29 is 9.59 Å². The van der Waals surface area contributed by atoms with Gasteiger partial charge in [0, 0.05) is 48.3 Å². The van der Waals surface area contributed by atoms with E-state index in [9.17, 15) is 9.59 Å². The monoisotopic (exact) mass is 562 g/mol. The van der Waals surface area contributed by atoms with Gasteiger partial charge in [-0.25, -0.2) is 0 Å². The lowest BCUT2D eigenvalue weighted by molar-refractivity contribution is -0.123. The second-order valence-electron chi connectivity index (χ2n) is 9.27. The standard InChI is InChI=1S/C26H26O2S6/c27-25(30-12-18-22(33-18)14-7-3-1-4-8-14)20-16(29)11-17-24(32-17)21(20)26(28)31-13-19-23(34-19)15-9-5-2-6-10-15/h1-10,16-24,29H,11-13H2. The van der Waals surface area contributed by atoms with E-state index in [1.165, 1.54) is 34.7 Å². The molecule has 9 unspecified atom stereocenters. The normalized spacial score (nSPS) is 37.5. The van der Waals surface area contributed by atoms with Crippen LogP contribution >= 0.6 is 71.4 Å². The summed E-state index contributed by atoms with van der Waals surface area (Å²) in [6, 6.07) is 21.1. The van der Waals surface area contributed by atoms with E-state index in [-0.39, 0.29) is 27.3 Å². The molecule has 0 radical (unpaired) electrons. The molecular weight excluding hydrogens is 537 g/mol. The summed E-state index contributed by atoms with van der Waals surface area (Å²) in [7, 11) is 0. The summed E-state index contributed by atoms with van der Waals surface area (Å²) in [5.74, 6) is 1.24. The van der Waals surface area contributed by atoms with Gasteiger partial charge in [-0.3, -0.25) is 9.59 Å². The molecule has 0 spiro atoms. The van der Waals surface area contributed by atoms with E-state index in [4.69, 9.17) is 12.6 Å². The smallest absolute Gasteiger partial charge is 0.194 e. The van der Waals surface area contributed by atoms with Crippen molar-refractivity contribution in [3.05, 3.63) is 71.8 Å². The second kappa shape index (κ2) is 10.3. The Labute approximate surface area is 228 Å². The zero-order valence-electron chi connectivity index (χ0n) is 18.4. The van der Waals surface area contributed by atoms with Crippen LogP contribution in [0, 0.1) is 11.8 Å². The highest BCUT2D eigenvalue weighted by atomic mass is 32.2. The SMILES string of the molecule is O=C(SCC1SC1c1ccccc1)C1C(S)CC2SC2C1C(=O)SCC1SC1c1ccccc1. The van der Waals surface area contributed by atoms with Crippen LogP contribution in [-0.2, 0) is 9.59 Å². The largest absolute Gasteiger partial charge is 0.287 e. The van der Waals surface area contributed by atoms with Gasteiger partial charge >= 0.3 is 0 Å². The Morgan fingerprint density at radius 1 is 0.765 bits per heavy atom. The molecule has 2 nitrogen and oxygen atoms in total. The van der Waals surface area contributed by atoms with Crippen LogP contribution in [0.2, 0.25) is 0 Å². The fourth-order valence-corrected chi connectivity index (χ4v) is 12.3. The highest BCUT2D eigenvalue weighted by Crippen LogP contribution is 2.60. The topological polar surface area (TPSA) is 34.1 Å². The summed E-state index contributed by atoms with van der Waals surface area (Å²) < 4.78 is 0. The molecule has 9 atom stereocenters. The van der Waals surface area contributed by atoms with Crippen molar-refractivity contribution in [1.29, 1.82) is 0 Å². The van der Waals surface area contributed by atoms with Crippen LogP contribution in [0.5, 0.6) is 0 Å². The molecule has 0 bridgehead atoms. The predicted molar refractivity (Wildman–Crippen MR) is 156 cm³/mol. The molecule has 6 rings (SSSR count). The first-order chi connectivity index (χ1) is 16.6. The molecule has 178 valence electrons. The van der Waals surface area contributed by atoms with E-state index in [0.29, 0.717) is 31.5 Å². The Kier molecular flexibility index (Phi) is 7.36. The van der Waals surface area contributed by atoms with Gasteiger partial charge in [0.2, 0.25) is 0 Å². The summed E-state index contributed by atoms with van der Waals surface area (Å²) in [4.78, 5) is 26.8. The molecule has 8 heteroatoms. The highest BCUT2D eigenvalue weighted by Gasteiger charge is 2.58. The molecule has 0 amide bonds. The fraction of sp³-hybridized carbons (Fsp3) is 0.462. The third-order valence-corrected chi connectivity index (χ3v) is 14.3. The molecule has 4 fully saturated rings. The molecule has 2 aromatic rings. The van der Waals surface area contributed by atoms with Crippen molar-refractivity contribution in [1.82, 2.24) is 0 Å². The lowest BCUT2D eigenvalue weighted by atomic mass is 9.80. The van der Waals surface area contributed by atoms with E-state index in [1.54, 1.807) is 0 Å². The first-order valence-corrected chi connectivity index (χ1v) is 17.0. The minimum absolute atomic E-state index is 0.00468. The van der Waals surface area contributed by atoms with Crippen molar-refractivity contribution in [2.75, 3.05) is 11.5 Å². The molecular formula is C26H26O2S6. The molecule has 1 saturated carbocycles. The molecule has 3 saturated heterocycles. The highest BCUT2D eigenvalue weighted by molar-refractivity contribution is 8.16. The fourth-order valence-electron chi connectivity index (χ4n) is 5.01. The van der Waals surface area contributed by atoms with Crippen molar-refractivity contribution in [3.63, 3.8) is 0 Å². The van der Waals surface area contributed by atoms with Crippen molar-refractivity contribution in [2.24, 2.45) is 11.8 Å². The molecule has 4 aliphatic rings. The zero-order chi connectivity index (χ0) is 23.2. The number of carbonyl (C=O) groups is 2. The second-order valence-corrected chi connectivity index (χ2v) is 16.2. The molecule has 1 aliphatic carbocycles. The van der Waals surface area contributed by atoms with E-state index >= 15 is 0 Å². The molecule has 0 N–H and O–H groups in total. The molecule has 0 aromatic heterocycles. The maximum Gasteiger partial charge on any atom is 0.194 e. The minimum Gasteiger partial charge on any atom is -0.287 e. The third kappa shape index (κ3) is 5.28. The number of fused-ring (bicyclic) bond motifs is 1. The quantitative estimate of drug-likeness (QED) is 0.285. The van der Waals surface area contributed by atoms with Crippen molar-refractivity contribution in [3.8, 4) is 0 Å². The summed E-state index contributed by atoms with van der Waals surface area (Å²) >= 11 is 13.5. The van der Waals surface area contributed by atoms with Gasteiger partial charge in [0.05, 0.1) is 11.8 Å². The number of rotatable bonds is 8. The molecule has 34 heavy (non-hydrogen) atoms. The lowest BCUT2D eigenvalue weighted by Crippen LogP contribution is -2.42. The van der Waals surface area contributed by atoms with Crippen LogP contribution in [0.25, 0.3) is 0 Å². The summed E-state index contributed by atoms with van der Waals surface area (Å²) in [6.45, 7) is 0. The van der Waals surface area contributed by atoms with Crippen LogP contribution < -0.4 is 0 Å². The minimum atomic E-state index is -0.250. The van der Waals surface area contributed by atoms with Gasteiger partial charge < -0.3 is 0 Å². The van der Waals surface area contributed by atoms with Gasteiger partial charge in [0.1, 0.15) is 0 Å². The Balaban J connectivity index is 1.04. The van der Waals surface area contributed by atoms with E-state index < -0.39 is 0 Å². The lowest BCUT2D eigenvalue weighted by Gasteiger charge is -2.32. The molecule has 2 aromatic carbocycles. The predicted octanol–water partition coefficient (Wildman–Crippen LogP) is 6.64. The molecule has 3 heterocycles. The average molecular weight is 563 g/mol. The number of hydrogen-bond donors (Lipinski definition) is 1. The number of hydrogen-bond acceptors (Lipinski definition) is 8. The summed E-state index contributed by atoms with van der Waals surface area (Å²) in [6.07, 6.45) is 0.948. The Bertz CT molecular complexity index is 980. The van der Waals surface area contributed by atoms with E-state index in [2.05, 4.69) is 48.5 Å². The van der Waals surface area contributed by atoms with E-state index in [0.717, 1.165) is 17.9 Å². The van der Waals surface area contributed by atoms with Gasteiger partial charge in [-0.1, -0.05) is 84.2 Å². The van der Waals surface area contributed by atoms with E-state index in [1.807, 2.05) is 47.4 Å². The van der Waals surface area contributed by atoms with Crippen LogP contribution in [-0.4, -0.2) is 48.0 Å². The first-order valence-electron chi connectivity index (χ1n) is 11.7. The number of thioether (sulfide) groups is 5. The maximum atomic E-state index is 13.4. The van der Waals surface area contributed by atoms with Gasteiger partial charge in [-0.05, 0) is 17.5 Å². The van der Waals surface area contributed by atoms with Gasteiger partial charge in [0.25, 0.3) is 0 Å². The summed E-state index contributed by atoms with van der Waals surface area (Å²) in [5, 5.41) is 3.25. The number of thiol groups is 1. The van der Waals surface area contributed by atoms with Gasteiger partial charge in [0.15, 0.2) is 10.2 Å². The van der Waals surface area contributed by atoms with Gasteiger partial charge in [-0.15, -0.1) is 23.5 Å². The van der Waals surface area contributed by atoms with Gasteiger partial charge in [-0.2, -0.15) is 24.4 Å².